The average molecular weight is 288 g/mol. The van der Waals surface area contributed by atoms with Gasteiger partial charge in [-0.05, 0) is 7.05 Å². The van der Waals surface area contributed by atoms with Crippen molar-refractivity contribution in [3.8, 4) is 11.3 Å². The van der Waals surface area contributed by atoms with Crippen molar-refractivity contribution in [1.82, 2.24) is 10.1 Å². The van der Waals surface area contributed by atoms with Crippen LogP contribution in [0, 0.1) is 5.92 Å². The van der Waals surface area contributed by atoms with E-state index in [1.165, 1.54) is 7.11 Å². The maximum atomic E-state index is 11.4. The van der Waals surface area contributed by atoms with Gasteiger partial charge in [0.05, 0.1) is 18.7 Å². The van der Waals surface area contributed by atoms with Gasteiger partial charge in [0.25, 0.3) is 0 Å². The molecule has 0 bridgehead atoms. The average Bonchev–Trinajstić information content (AvgIpc) is 2.95. The number of carbonyl (C=O) groups is 1. The van der Waals surface area contributed by atoms with Gasteiger partial charge in [-0.1, -0.05) is 42.4 Å². The summed E-state index contributed by atoms with van der Waals surface area (Å²) in [5, 5.41) is 4.07. The zero-order chi connectivity index (χ0) is 15.2. The Labute approximate surface area is 124 Å². The maximum Gasteiger partial charge on any atom is 0.309 e. The van der Waals surface area contributed by atoms with Crippen molar-refractivity contribution in [2.45, 2.75) is 13.5 Å². The zero-order valence-electron chi connectivity index (χ0n) is 12.6. The van der Waals surface area contributed by atoms with E-state index in [4.69, 9.17) is 9.26 Å². The van der Waals surface area contributed by atoms with E-state index < -0.39 is 0 Å². The summed E-state index contributed by atoms with van der Waals surface area (Å²) in [6, 6.07) is 11.8. The largest absolute Gasteiger partial charge is 0.469 e. The number of carbonyl (C=O) groups excluding carboxylic acids is 1. The second-order valence-electron chi connectivity index (χ2n) is 5.17. The normalized spacial score (nSPS) is 12.4. The minimum Gasteiger partial charge on any atom is -0.469 e. The summed E-state index contributed by atoms with van der Waals surface area (Å²) in [7, 11) is 3.35. The van der Waals surface area contributed by atoms with Crippen LogP contribution in [0.4, 0.5) is 0 Å². The number of ether oxygens (including phenoxy) is 1. The van der Waals surface area contributed by atoms with Gasteiger partial charge >= 0.3 is 5.97 Å². The molecule has 0 aliphatic rings. The Morgan fingerprint density at radius 3 is 2.76 bits per heavy atom. The van der Waals surface area contributed by atoms with Crippen LogP contribution in [-0.2, 0) is 16.1 Å². The summed E-state index contributed by atoms with van der Waals surface area (Å²) >= 11 is 0. The van der Waals surface area contributed by atoms with Gasteiger partial charge in [-0.25, -0.2) is 0 Å². The van der Waals surface area contributed by atoms with Crippen LogP contribution < -0.4 is 0 Å². The van der Waals surface area contributed by atoms with Crippen molar-refractivity contribution in [3.63, 3.8) is 0 Å². The number of aromatic nitrogens is 1. The molecule has 2 rings (SSSR count). The number of esters is 1. The Balaban J connectivity index is 1.95. The molecule has 0 fully saturated rings. The third kappa shape index (κ3) is 4.16. The van der Waals surface area contributed by atoms with E-state index in [9.17, 15) is 4.79 Å². The summed E-state index contributed by atoms with van der Waals surface area (Å²) in [6.07, 6.45) is 0. The van der Waals surface area contributed by atoms with Crippen molar-refractivity contribution in [2.24, 2.45) is 5.92 Å². The van der Waals surface area contributed by atoms with E-state index in [2.05, 4.69) is 5.16 Å². The van der Waals surface area contributed by atoms with Gasteiger partial charge in [0.1, 0.15) is 0 Å². The predicted octanol–water partition coefficient (Wildman–Crippen LogP) is 2.58. The monoisotopic (exact) mass is 288 g/mol. The van der Waals surface area contributed by atoms with Gasteiger partial charge in [0.2, 0.25) is 0 Å². The molecule has 0 aliphatic heterocycles. The molecule has 2 aromatic rings. The first-order valence-corrected chi connectivity index (χ1v) is 6.87. The lowest BCUT2D eigenvalue weighted by Crippen LogP contribution is -2.29. The van der Waals surface area contributed by atoms with Crippen LogP contribution in [0.15, 0.2) is 40.9 Å². The molecule has 21 heavy (non-hydrogen) atoms. The number of hydrogen-bond acceptors (Lipinski definition) is 5. The number of rotatable bonds is 6. The van der Waals surface area contributed by atoms with Crippen LogP contribution in [0.1, 0.15) is 12.6 Å². The quantitative estimate of drug-likeness (QED) is 0.765. The molecule has 0 radical (unpaired) electrons. The van der Waals surface area contributed by atoms with E-state index in [1.807, 2.05) is 55.3 Å². The SMILES string of the molecule is COC(=O)C(C)CN(C)Cc1cc(-c2ccccc2)on1. The third-order valence-electron chi connectivity index (χ3n) is 3.24. The molecule has 0 saturated heterocycles. The first kappa shape index (κ1) is 15.3. The maximum absolute atomic E-state index is 11.4. The number of benzene rings is 1. The van der Waals surface area contributed by atoms with Crippen LogP contribution in [-0.4, -0.2) is 36.7 Å². The van der Waals surface area contributed by atoms with Gasteiger partial charge in [0, 0.05) is 24.7 Å². The highest BCUT2D eigenvalue weighted by molar-refractivity contribution is 5.72. The van der Waals surface area contributed by atoms with Crippen LogP contribution in [0.2, 0.25) is 0 Å². The molecule has 1 heterocycles. The highest BCUT2D eigenvalue weighted by Crippen LogP contribution is 2.20. The fourth-order valence-electron chi connectivity index (χ4n) is 2.21. The van der Waals surface area contributed by atoms with Gasteiger partial charge in [0.15, 0.2) is 5.76 Å². The molecule has 5 heteroatoms. The fraction of sp³-hybridized carbons (Fsp3) is 0.375. The molecular weight excluding hydrogens is 268 g/mol. The van der Waals surface area contributed by atoms with Crippen LogP contribution in [0.5, 0.6) is 0 Å². The summed E-state index contributed by atoms with van der Waals surface area (Å²) in [4.78, 5) is 13.4. The van der Waals surface area contributed by atoms with Crippen LogP contribution in [0.3, 0.4) is 0 Å². The summed E-state index contributed by atoms with van der Waals surface area (Å²) in [6.45, 7) is 3.08. The van der Waals surface area contributed by atoms with Crippen molar-refractivity contribution in [3.05, 3.63) is 42.1 Å². The molecule has 0 aliphatic carbocycles. The second kappa shape index (κ2) is 7.04. The minimum absolute atomic E-state index is 0.166. The number of hydrogen-bond donors (Lipinski definition) is 0. The molecular formula is C16H20N2O3. The lowest BCUT2D eigenvalue weighted by Gasteiger charge is -2.18. The van der Waals surface area contributed by atoms with E-state index >= 15 is 0 Å². The zero-order valence-corrected chi connectivity index (χ0v) is 12.6. The molecule has 0 saturated carbocycles. The van der Waals surface area contributed by atoms with Gasteiger partial charge in [-0.2, -0.15) is 0 Å². The van der Waals surface area contributed by atoms with Gasteiger partial charge < -0.3 is 9.26 Å². The smallest absolute Gasteiger partial charge is 0.309 e. The number of nitrogens with zero attached hydrogens (tertiary/aromatic N) is 2. The molecule has 0 N–H and O–H groups in total. The molecule has 1 aromatic heterocycles. The summed E-state index contributed by atoms with van der Waals surface area (Å²) in [5.74, 6) is 0.382. The predicted molar refractivity (Wildman–Crippen MR) is 79.5 cm³/mol. The molecule has 5 nitrogen and oxygen atoms in total. The first-order chi connectivity index (χ1) is 10.1. The molecule has 0 amide bonds. The molecule has 1 aromatic carbocycles. The highest BCUT2D eigenvalue weighted by atomic mass is 16.5. The van der Waals surface area contributed by atoms with Crippen molar-refractivity contribution in [2.75, 3.05) is 20.7 Å². The van der Waals surface area contributed by atoms with Gasteiger partial charge in [-0.3, -0.25) is 9.69 Å². The van der Waals surface area contributed by atoms with Crippen LogP contribution in [0.25, 0.3) is 11.3 Å². The standard InChI is InChI=1S/C16H20N2O3/c1-12(16(19)20-3)10-18(2)11-14-9-15(21-17-14)13-7-5-4-6-8-13/h4-9,12H,10-11H2,1-3H3. The lowest BCUT2D eigenvalue weighted by atomic mass is 10.1. The molecule has 1 unspecified atom stereocenters. The number of methoxy groups -OCH3 is 1. The van der Waals surface area contributed by atoms with E-state index in [1.54, 1.807) is 0 Å². The van der Waals surface area contributed by atoms with E-state index in [0.29, 0.717) is 13.1 Å². The summed E-state index contributed by atoms with van der Waals surface area (Å²) in [5.41, 5.74) is 1.84. The van der Waals surface area contributed by atoms with Crippen molar-refractivity contribution >= 4 is 5.97 Å². The molecule has 1 atom stereocenters. The molecule has 112 valence electrons. The summed E-state index contributed by atoms with van der Waals surface area (Å²) < 4.78 is 10.1. The Bertz CT molecular complexity index is 580. The second-order valence-corrected chi connectivity index (χ2v) is 5.17. The molecule has 0 spiro atoms. The highest BCUT2D eigenvalue weighted by Gasteiger charge is 2.16. The van der Waals surface area contributed by atoms with Crippen molar-refractivity contribution in [1.29, 1.82) is 0 Å². The van der Waals surface area contributed by atoms with Crippen LogP contribution >= 0.6 is 0 Å². The minimum atomic E-state index is -0.202. The topological polar surface area (TPSA) is 55.6 Å². The fourth-order valence-corrected chi connectivity index (χ4v) is 2.21. The Hall–Kier alpha value is -2.14. The van der Waals surface area contributed by atoms with E-state index in [-0.39, 0.29) is 11.9 Å². The Morgan fingerprint density at radius 2 is 2.10 bits per heavy atom. The van der Waals surface area contributed by atoms with Crippen molar-refractivity contribution < 1.29 is 14.1 Å². The van der Waals surface area contributed by atoms with E-state index in [0.717, 1.165) is 17.0 Å². The lowest BCUT2D eigenvalue weighted by molar-refractivity contribution is -0.145. The third-order valence-corrected chi connectivity index (χ3v) is 3.24. The van der Waals surface area contributed by atoms with Gasteiger partial charge in [-0.15, -0.1) is 0 Å². The Morgan fingerprint density at radius 1 is 1.38 bits per heavy atom. The first-order valence-electron chi connectivity index (χ1n) is 6.87. The Kier molecular flexibility index (Phi) is 5.11.